The van der Waals surface area contributed by atoms with Gasteiger partial charge in [-0.25, -0.2) is 4.98 Å². The Morgan fingerprint density at radius 3 is 2.85 bits per heavy atom. The monoisotopic (exact) mass is 282 g/mol. The Balaban J connectivity index is 2.15. The molecule has 0 amide bonds. The first-order valence-electron chi connectivity index (χ1n) is 5.87. The zero-order valence-electron chi connectivity index (χ0n) is 10.3. The zero-order chi connectivity index (χ0) is 14.5. The molecule has 7 N–H and O–H groups in total. The van der Waals surface area contributed by atoms with Crippen LogP contribution in [0.25, 0.3) is 11.2 Å². The molecular weight excluding hydrogens is 268 g/mol. The van der Waals surface area contributed by atoms with Crippen LogP contribution in [0.2, 0.25) is 0 Å². The molecule has 10 nitrogen and oxygen atoms in total. The molecule has 0 saturated carbocycles. The number of rotatable bonds is 2. The number of imidazole rings is 1. The third kappa shape index (κ3) is 1.63. The van der Waals surface area contributed by atoms with Crippen LogP contribution in [-0.2, 0) is 10.5 Å². The fourth-order valence-corrected chi connectivity index (χ4v) is 2.29. The van der Waals surface area contributed by atoms with Crippen molar-refractivity contribution in [2.24, 2.45) is 0 Å². The second-order valence-corrected chi connectivity index (χ2v) is 4.61. The Morgan fingerprint density at radius 1 is 1.45 bits per heavy atom. The highest BCUT2D eigenvalue weighted by Gasteiger charge is 2.50. The second-order valence-electron chi connectivity index (χ2n) is 4.61. The van der Waals surface area contributed by atoms with E-state index in [-0.39, 0.29) is 29.5 Å². The van der Waals surface area contributed by atoms with Crippen molar-refractivity contribution in [2.45, 2.75) is 17.9 Å². The molecule has 0 bridgehead atoms. The minimum Gasteiger partial charge on any atom is -0.394 e. The summed E-state index contributed by atoms with van der Waals surface area (Å²) in [4.78, 5) is 11.7. The third-order valence-corrected chi connectivity index (χ3v) is 3.37. The average molecular weight is 282 g/mol. The van der Waals surface area contributed by atoms with E-state index in [1.807, 2.05) is 0 Å². The van der Waals surface area contributed by atoms with E-state index in [2.05, 4.69) is 15.0 Å². The normalized spacial score (nSPS) is 30.1. The number of aliphatic hydroxyl groups is 3. The smallest absolute Gasteiger partial charge is 0.224 e. The van der Waals surface area contributed by atoms with E-state index in [1.165, 1.54) is 10.9 Å². The SMILES string of the molecule is Nc1nc(N)c2ncn([C@@]3(O)CO[C@H](CO)[C@H]3O)c2n1. The van der Waals surface area contributed by atoms with Gasteiger partial charge in [0.1, 0.15) is 17.7 Å². The van der Waals surface area contributed by atoms with E-state index in [4.69, 9.17) is 21.3 Å². The van der Waals surface area contributed by atoms with Gasteiger partial charge in [0.25, 0.3) is 0 Å². The molecule has 0 radical (unpaired) electrons. The van der Waals surface area contributed by atoms with Crippen LogP contribution < -0.4 is 11.5 Å². The summed E-state index contributed by atoms with van der Waals surface area (Å²) in [7, 11) is 0. The van der Waals surface area contributed by atoms with E-state index in [9.17, 15) is 10.2 Å². The van der Waals surface area contributed by atoms with Gasteiger partial charge in [0.2, 0.25) is 5.95 Å². The number of hydrogen-bond acceptors (Lipinski definition) is 9. The summed E-state index contributed by atoms with van der Waals surface area (Å²) in [6.07, 6.45) is -0.974. The average Bonchev–Trinajstić information content (AvgIpc) is 2.94. The Morgan fingerprint density at radius 2 is 2.20 bits per heavy atom. The predicted molar refractivity (Wildman–Crippen MR) is 67.2 cm³/mol. The lowest BCUT2D eigenvalue weighted by Crippen LogP contribution is -2.46. The van der Waals surface area contributed by atoms with Gasteiger partial charge in [0, 0.05) is 0 Å². The van der Waals surface area contributed by atoms with Gasteiger partial charge in [-0.1, -0.05) is 0 Å². The van der Waals surface area contributed by atoms with E-state index < -0.39 is 24.5 Å². The number of hydrogen-bond donors (Lipinski definition) is 5. The minimum atomic E-state index is -1.81. The van der Waals surface area contributed by atoms with Crippen LogP contribution in [-0.4, -0.2) is 60.3 Å². The summed E-state index contributed by atoms with van der Waals surface area (Å²) in [5.41, 5.74) is 9.83. The van der Waals surface area contributed by atoms with Crippen LogP contribution in [0.4, 0.5) is 11.8 Å². The van der Waals surface area contributed by atoms with Gasteiger partial charge in [0.15, 0.2) is 17.2 Å². The van der Waals surface area contributed by atoms with Gasteiger partial charge in [-0.15, -0.1) is 0 Å². The maximum Gasteiger partial charge on any atom is 0.224 e. The molecule has 3 heterocycles. The van der Waals surface area contributed by atoms with E-state index >= 15 is 0 Å². The molecule has 1 aliphatic heterocycles. The number of aliphatic hydroxyl groups excluding tert-OH is 2. The standard InChI is InChI=1S/C10H14N6O4/c11-7-5-8(15-9(12)14-7)16(3-13-5)10(19)2-20-4(1-17)6(10)18/h3-4,6,17-19H,1-2H2,(H4,11,12,14,15)/t4-,6-,10-/m1/s1. The summed E-state index contributed by atoms with van der Waals surface area (Å²) >= 11 is 0. The van der Waals surface area contributed by atoms with Crippen molar-refractivity contribution in [1.82, 2.24) is 19.5 Å². The van der Waals surface area contributed by atoms with Gasteiger partial charge in [-0.05, 0) is 0 Å². The lowest BCUT2D eigenvalue weighted by molar-refractivity contribution is -0.110. The summed E-state index contributed by atoms with van der Waals surface area (Å²) in [5, 5.41) is 29.8. The van der Waals surface area contributed by atoms with Crippen molar-refractivity contribution in [1.29, 1.82) is 0 Å². The molecule has 1 fully saturated rings. The Hall–Kier alpha value is -2.01. The lowest BCUT2D eigenvalue weighted by Gasteiger charge is -2.27. The predicted octanol–water partition coefficient (Wildman–Crippen LogP) is -2.61. The van der Waals surface area contributed by atoms with Gasteiger partial charge >= 0.3 is 0 Å². The topological polar surface area (TPSA) is 166 Å². The van der Waals surface area contributed by atoms with Gasteiger partial charge in [-0.3, -0.25) is 4.57 Å². The highest BCUT2D eigenvalue weighted by Crippen LogP contribution is 2.32. The third-order valence-electron chi connectivity index (χ3n) is 3.37. The van der Waals surface area contributed by atoms with Gasteiger partial charge < -0.3 is 31.5 Å². The number of ether oxygens (including phenoxy) is 1. The summed E-state index contributed by atoms with van der Waals surface area (Å²) < 4.78 is 6.38. The van der Waals surface area contributed by atoms with E-state index in [1.54, 1.807) is 0 Å². The van der Waals surface area contributed by atoms with Crippen LogP contribution in [0.3, 0.4) is 0 Å². The first kappa shape index (κ1) is 13.0. The number of anilines is 2. The molecule has 0 aliphatic carbocycles. The first-order valence-corrected chi connectivity index (χ1v) is 5.87. The number of nitrogens with two attached hydrogens (primary N) is 2. The minimum absolute atomic E-state index is 0.0713. The van der Waals surface area contributed by atoms with Gasteiger partial charge in [-0.2, -0.15) is 9.97 Å². The summed E-state index contributed by atoms with van der Waals surface area (Å²) in [6.45, 7) is -0.649. The Bertz CT molecular complexity index is 660. The Kier molecular flexibility index (Phi) is 2.76. The van der Waals surface area contributed by atoms with Crippen LogP contribution in [0.15, 0.2) is 6.33 Å². The van der Waals surface area contributed by atoms with Crippen LogP contribution in [0.1, 0.15) is 0 Å². The van der Waals surface area contributed by atoms with Crippen molar-refractivity contribution < 1.29 is 20.1 Å². The van der Waals surface area contributed by atoms with Crippen LogP contribution in [0.5, 0.6) is 0 Å². The molecule has 1 saturated heterocycles. The molecule has 10 heteroatoms. The molecule has 0 aromatic carbocycles. The number of nitrogen functional groups attached to an aromatic ring is 2. The first-order chi connectivity index (χ1) is 9.47. The molecule has 0 unspecified atom stereocenters. The van der Waals surface area contributed by atoms with Crippen LogP contribution >= 0.6 is 0 Å². The molecule has 2 aromatic heterocycles. The fourth-order valence-electron chi connectivity index (χ4n) is 2.29. The summed E-state index contributed by atoms with van der Waals surface area (Å²) in [5.74, 6) is -0.00516. The maximum absolute atomic E-state index is 10.6. The van der Waals surface area contributed by atoms with E-state index in [0.29, 0.717) is 0 Å². The Labute approximate surface area is 112 Å². The zero-order valence-corrected chi connectivity index (χ0v) is 10.3. The second kappa shape index (κ2) is 4.24. The number of aromatic nitrogens is 4. The van der Waals surface area contributed by atoms with Crippen LogP contribution in [0, 0.1) is 0 Å². The maximum atomic E-state index is 10.6. The molecule has 3 rings (SSSR count). The number of fused-ring (bicyclic) bond motifs is 1. The fraction of sp³-hybridized carbons (Fsp3) is 0.500. The highest BCUT2D eigenvalue weighted by molar-refractivity contribution is 5.82. The van der Waals surface area contributed by atoms with Crippen molar-refractivity contribution in [3.8, 4) is 0 Å². The van der Waals surface area contributed by atoms with Crippen molar-refractivity contribution in [2.75, 3.05) is 24.7 Å². The molecule has 3 atom stereocenters. The molecule has 1 aliphatic rings. The summed E-state index contributed by atoms with van der Waals surface area (Å²) in [6, 6.07) is 0. The molecular formula is C10H14N6O4. The highest BCUT2D eigenvalue weighted by atomic mass is 16.5. The van der Waals surface area contributed by atoms with E-state index in [0.717, 1.165) is 0 Å². The van der Waals surface area contributed by atoms with Crippen molar-refractivity contribution in [3.05, 3.63) is 6.33 Å². The number of nitrogens with zero attached hydrogens (tertiary/aromatic N) is 4. The lowest BCUT2D eigenvalue weighted by atomic mass is 10.1. The molecule has 108 valence electrons. The molecule has 2 aromatic rings. The van der Waals surface area contributed by atoms with Crippen molar-refractivity contribution >= 4 is 22.9 Å². The largest absolute Gasteiger partial charge is 0.394 e. The quantitative estimate of drug-likeness (QED) is 0.396. The van der Waals surface area contributed by atoms with Crippen molar-refractivity contribution in [3.63, 3.8) is 0 Å². The molecule has 20 heavy (non-hydrogen) atoms. The molecule has 0 spiro atoms. The van der Waals surface area contributed by atoms with Gasteiger partial charge in [0.05, 0.1) is 19.5 Å².